The van der Waals surface area contributed by atoms with E-state index in [9.17, 15) is 0 Å². The van der Waals surface area contributed by atoms with Crippen LogP contribution < -0.4 is 14.5 Å². The van der Waals surface area contributed by atoms with E-state index in [0.717, 1.165) is 61.6 Å². The zero-order chi connectivity index (χ0) is 18.8. The number of nitrogens with zero attached hydrogens (tertiary/aromatic N) is 6. The molecule has 3 heterocycles. The Balaban J connectivity index is 1.35. The summed E-state index contributed by atoms with van der Waals surface area (Å²) in [5, 5.41) is 1.00. The third kappa shape index (κ3) is 3.44. The van der Waals surface area contributed by atoms with Gasteiger partial charge in [-0.2, -0.15) is 0 Å². The highest BCUT2D eigenvalue weighted by molar-refractivity contribution is 5.86. The van der Waals surface area contributed by atoms with E-state index >= 15 is 0 Å². The van der Waals surface area contributed by atoms with Crippen molar-refractivity contribution in [1.82, 2.24) is 19.9 Å². The molecule has 2 aromatic heterocycles. The van der Waals surface area contributed by atoms with Crippen molar-refractivity contribution in [1.29, 1.82) is 0 Å². The zero-order valence-electron chi connectivity index (χ0n) is 15.9. The molecule has 28 heavy (non-hydrogen) atoms. The van der Waals surface area contributed by atoms with Crippen molar-refractivity contribution >= 4 is 22.4 Å². The minimum atomic E-state index is 0.289. The van der Waals surface area contributed by atoms with Gasteiger partial charge in [0, 0.05) is 44.3 Å². The van der Waals surface area contributed by atoms with Crippen molar-refractivity contribution in [3.63, 3.8) is 0 Å². The van der Waals surface area contributed by atoms with Crippen LogP contribution in [0.15, 0.2) is 43.1 Å². The van der Waals surface area contributed by atoms with Gasteiger partial charge in [0.05, 0.1) is 17.1 Å². The molecule has 1 aromatic carbocycles. The monoisotopic (exact) mass is 376 g/mol. The van der Waals surface area contributed by atoms with Gasteiger partial charge in [-0.25, -0.2) is 15.0 Å². The van der Waals surface area contributed by atoms with Gasteiger partial charge in [-0.15, -0.1) is 0 Å². The van der Waals surface area contributed by atoms with E-state index < -0.39 is 0 Å². The number of aromatic nitrogens is 4. The van der Waals surface area contributed by atoms with E-state index in [2.05, 4.69) is 47.9 Å². The topological polar surface area (TPSA) is 67.3 Å². The molecule has 0 unspecified atom stereocenters. The maximum atomic E-state index is 6.21. The van der Waals surface area contributed by atoms with Crippen LogP contribution in [0.4, 0.5) is 11.5 Å². The molecule has 144 valence electrons. The van der Waals surface area contributed by atoms with Gasteiger partial charge in [0.25, 0.3) is 0 Å². The van der Waals surface area contributed by atoms with Crippen molar-refractivity contribution in [3.05, 3.63) is 43.1 Å². The summed E-state index contributed by atoms with van der Waals surface area (Å²) in [5.41, 5.74) is 2.13. The fraction of sp³-hybridized carbons (Fsp3) is 0.429. The van der Waals surface area contributed by atoms with Gasteiger partial charge in [0.1, 0.15) is 18.2 Å². The van der Waals surface area contributed by atoms with Crippen LogP contribution in [0.5, 0.6) is 5.88 Å². The number of hydrogen-bond acceptors (Lipinski definition) is 7. The summed E-state index contributed by atoms with van der Waals surface area (Å²) in [5.74, 6) is 1.67. The highest BCUT2D eigenvalue weighted by atomic mass is 16.5. The van der Waals surface area contributed by atoms with Gasteiger partial charge in [-0.1, -0.05) is 0 Å². The molecule has 0 atom stereocenters. The molecule has 3 aromatic rings. The molecule has 0 spiro atoms. The summed E-state index contributed by atoms with van der Waals surface area (Å²) in [4.78, 5) is 22.1. The summed E-state index contributed by atoms with van der Waals surface area (Å²) < 4.78 is 6.21. The van der Waals surface area contributed by atoms with Gasteiger partial charge >= 0.3 is 0 Å². The summed E-state index contributed by atoms with van der Waals surface area (Å²) in [6, 6.07) is 6.40. The largest absolute Gasteiger partial charge is 0.474 e. The first-order valence-corrected chi connectivity index (χ1v) is 10.0. The summed E-state index contributed by atoms with van der Waals surface area (Å²) in [6.45, 7) is 3.73. The molecule has 1 saturated carbocycles. The van der Waals surface area contributed by atoms with Gasteiger partial charge < -0.3 is 14.5 Å². The standard InChI is InChI=1S/C21H24N6O/c1-2-4-17(3-1)28-21-18-13-16(5-6-19(18)24-15-25-21)26-9-11-27(12-10-26)20-14-22-7-8-23-20/h5-8,13-15,17H,1-4,9-12H2. The first kappa shape index (κ1) is 17.2. The van der Waals surface area contributed by atoms with Gasteiger partial charge in [0.2, 0.25) is 5.88 Å². The zero-order valence-corrected chi connectivity index (χ0v) is 15.9. The van der Waals surface area contributed by atoms with Crippen molar-refractivity contribution in [2.75, 3.05) is 36.0 Å². The lowest BCUT2D eigenvalue weighted by Gasteiger charge is -2.36. The Bertz CT molecular complexity index is 936. The van der Waals surface area contributed by atoms with Gasteiger partial charge in [-0.05, 0) is 43.9 Å². The van der Waals surface area contributed by atoms with Crippen molar-refractivity contribution in [2.45, 2.75) is 31.8 Å². The number of hydrogen-bond donors (Lipinski definition) is 0. The average molecular weight is 376 g/mol. The van der Waals surface area contributed by atoms with Gasteiger partial charge in [-0.3, -0.25) is 4.98 Å². The van der Waals surface area contributed by atoms with Crippen LogP contribution in [-0.4, -0.2) is 52.2 Å². The normalized spacial score (nSPS) is 18.0. The maximum Gasteiger partial charge on any atom is 0.224 e. The summed E-state index contributed by atoms with van der Waals surface area (Å²) in [7, 11) is 0. The van der Waals surface area contributed by atoms with E-state index in [-0.39, 0.29) is 6.10 Å². The number of anilines is 2. The Morgan fingerprint density at radius 1 is 0.893 bits per heavy atom. The molecule has 1 aliphatic carbocycles. The molecule has 0 amide bonds. The number of benzene rings is 1. The fourth-order valence-corrected chi connectivity index (χ4v) is 4.12. The Kier molecular flexibility index (Phi) is 4.64. The minimum Gasteiger partial charge on any atom is -0.474 e. The summed E-state index contributed by atoms with van der Waals surface area (Å²) in [6.07, 6.45) is 11.9. The Morgan fingerprint density at radius 2 is 1.71 bits per heavy atom. The fourth-order valence-electron chi connectivity index (χ4n) is 4.12. The minimum absolute atomic E-state index is 0.289. The third-order valence-corrected chi connectivity index (χ3v) is 5.68. The molecule has 7 heteroatoms. The quantitative estimate of drug-likeness (QED) is 0.693. The Labute approximate surface area is 164 Å². The Hall–Kier alpha value is -2.96. The lowest BCUT2D eigenvalue weighted by Crippen LogP contribution is -2.46. The van der Waals surface area contributed by atoms with E-state index in [4.69, 9.17) is 4.74 Å². The highest BCUT2D eigenvalue weighted by Crippen LogP contribution is 2.30. The molecular formula is C21H24N6O. The predicted octanol–water partition coefficient (Wildman–Crippen LogP) is 3.07. The molecule has 2 fully saturated rings. The molecular weight excluding hydrogens is 352 g/mol. The van der Waals surface area contributed by atoms with Crippen LogP contribution in [0.2, 0.25) is 0 Å². The number of rotatable bonds is 4. The van der Waals surface area contributed by atoms with Gasteiger partial charge in [0.15, 0.2) is 0 Å². The lowest BCUT2D eigenvalue weighted by molar-refractivity contribution is 0.204. The third-order valence-electron chi connectivity index (χ3n) is 5.68. The average Bonchev–Trinajstić information content (AvgIpc) is 3.28. The van der Waals surface area contributed by atoms with Crippen LogP contribution in [0.25, 0.3) is 10.9 Å². The smallest absolute Gasteiger partial charge is 0.224 e. The number of ether oxygens (including phenoxy) is 1. The molecule has 0 bridgehead atoms. The molecule has 1 saturated heterocycles. The van der Waals surface area contributed by atoms with Crippen molar-refractivity contribution < 1.29 is 4.74 Å². The van der Waals surface area contributed by atoms with Crippen LogP contribution in [0.3, 0.4) is 0 Å². The van der Waals surface area contributed by atoms with Crippen LogP contribution in [0, 0.1) is 0 Å². The second-order valence-electron chi connectivity index (χ2n) is 7.44. The highest BCUT2D eigenvalue weighted by Gasteiger charge is 2.21. The Morgan fingerprint density at radius 3 is 2.50 bits per heavy atom. The van der Waals surface area contributed by atoms with Crippen LogP contribution in [-0.2, 0) is 0 Å². The lowest BCUT2D eigenvalue weighted by atomic mass is 10.2. The first-order valence-electron chi connectivity index (χ1n) is 10.0. The van der Waals surface area contributed by atoms with Crippen LogP contribution >= 0.6 is 0 Å². The molecule has 7 nitrogen and oxygen atoms in total. The number of fused-ring (bicyclic) bond motifs is 1. The molecule has 2 aliphatic rings. The molecule has 5 rings (SSSR count). The van der Waals surface area contributed by atoms with E-state index in [0.29, 0.717) is 0 Å². The summed E-state index contributed by atoms with van der Waals surface area (Å²) >= 11 is 0. The maximum absolute atomic E-state index is 6.21. The van der Waals surface area contributed by atoms with E-state index in [1.807, 2.05) is 6.20 Å². The number of piperazine rings is 1. The predicted molar refractivity (Wildman–Crippen MR) is 109 cm³/mol. The van der Waals surface area contributed by atoms with Crippen LogP contribution in [0.1, 0.15) is 25.7 Å². The van der Waals surface area contributed by atoms with E-state index in [1.165, 1.54) is 18.5 Å². The second-order valence-corrected chi connectivity index (χ2v) is 7.44. The molecule has 0 radical (unpaired) electrons. The van der Waals surface area contributed by atoms with Crippen molar-refractivity contribution in [2.24, 2.45) is 0 Å². The van der Waals surface area contributed by atoms with Crippen molar-refractivity contribution in [3.8, 4) is 5.88 Å². The van der Waals surface area contributed by atoms with E-state index in [1.54, 1.807) is 18.7 Å². The first-order chi connectivity index (χ1) is 13.9. The molecule has 0 N–H and O–H groups in total. The molecule has 1 aliphatic heterocycles. The second kappa shape index (κ2) is 7.58. The SMILES string of the molecule is c1cnc(N2CCN(c3ccc4ncnc(OC5CCCC5)c4c3)CC2)cn1.